The Morgan fingerprint density at radius 1 is 1.28 bits per heavy atom. The first-order chi connectivity index (χ1) is 8.29. The van der Waals surface area contributed by atoms with Gasteiger partial charge in [0.05, 0.1) is 22.1 Å². The molecule has 104 valence electrons. The summed E-state index contributed by atoms with van der Waals surface area (Å²) in [6.07, 6.45) is 1.22. The van der Waals surface area contributed by atoms with Crippen LogP contribution in [0.4, 0.5) is 0 Å². The second-order valence-electron chi connectivity index (χ2n) is 4.87. The molecule has 5 nitrogen and oxygen atoms in total. The van der Waals surface area contributed by atoms with Crippen LogP contribution < -0.4 is 15.9 Å². The smallest absolute Gasteiger partial charge is 0.0629 e. The van der Waals surface area contributed by atoms with E-state index in [9.17, 15) is 19.8 Å². The lowest BCUT2D eigenvalue weighted by Gasteiger charge is -2.41. The summed E-state index contributed by atoms with van der Waals surface area (Å²) in [5.74, 6) is -3.12. The number of hydrogen-bond acceptors (Lipinski definition) is 6. The van der Waals surface area contributed by atoms with Gasteiger partial charge in [-0.2, -0.15) is 0 Å². The summed E-state index contributed by atoms with van der Waals surface area (Å²) >= 11 is 0.999. The molecule has 1 aliphatic heterocycles. The van der Waals surface area contributed by atoms with Crippen molar-refractivity contribution in [2.24, 2.45) is 17.1 Å². The van der Waals surface area contributed by atoms with E-state index in [4.69, 9.17) is 5.73 Å². The van der Waals surface area contributed by atoms with E-state index < -0.39 is 33.4 Å². The molecule has 0 bridgehead atoms. The summed E-state index contributed by atoms with van der Waals surface area (Å²) in [7, 11) is 0. The van der Waals surface area contributed by atoms with Crippen molar-refractivity contribution in [3.05, 3.63) is 0 Å². The summed E-state index contributed by atoms with van der Waals surface area (Å²) in [6, 6.07) is 0. The summed E-state index contributed by atoms with van der Waals surface area (Å²) in [5, 5.41) is 22.2. The van der Waals surface area contributed by atoms with Crippen LogP contribution in [0.15, 0.2) is 0 Å². The van der Waals surface area contributed by atoms with Crippen molar-refractivity contribution in [2.45, 2.75) is 50.2 Å². The molecule has 0 aromatic carbocycles. The molecular formula is C12H19NO4S-2. The molecule has 1 fully saturated rings. The highest BCUT2D eigenvalue weighted by molar-refractivity contribution is 8.02. The van der Waals surface area contributed by atoms with Crippen molar-refractivity contribution in [3.8, 4) is 0 Å². The van der Waals surface area contributed by atoms with Gasteiger partial charge < -0.3 is 25.5 Å². The minimum Gasteiger partial charge on any atom is -0.549 e. The highest BCUT2D eigenvalue weighted by Gasteiger charge is 2.60. The van der Waals surface area contributed by atoms with E-state index in [2.05, 4.69) is 0 Å². The van der Waals surface area contributed by atoms with Crippen molar-refractivity contribution in [1.29, 1.82) is 0 Å². The summed E-state index contributed by atoms with van der Waals surface area (Å²) in [4.78, 5) is 23.0. The number of carboxylic acid groups (broad SMARTS) is 2. The normalized spacial score (nSPS) is 39.8. The van der Waals surface area contributed by atoms with Crippen LogP contribution in [-0.2, 0) is 9.59 Å². The maximum Gasteiger partial charge on any atom is 0.0629 e. The van der Waals surface area contributed by atoms with Gasteiger partial charge in [-0.25, -0.2) is 0 Å². The van der Waals surface area contributed by atoms with Crippen molar-refractivity contribution in [3.63, 3.8) is 0 Å². The predicted molar refractivity (Wildman–Crippen MR) is 65.1 cm³/mol. The number of hydrogen-bond donors (Lipinski definition) is 1. The van der Waals surface area contributed by atoms with Gasteiger partial charge in [0.1, 0.15) is 0 Å². The lowest BCUT2D eigenvalue weighted by molar-refractivity contribution is -0.324. The second-order valence-corrected chi connectivity index (χ2v) is 6.34. The van der Waals surface area contributed by atoms with E-state index >= 15 is 0 Å². The number of carboxylic acids is 2. The topological polar surface area (TPSA) is 106 Å². The Balaban J connectivity index is 3.31. The number of rotatable bonds is 5. The fourth-order valence-corrected chi connectivity index (χ4v) is 4.78. The van der Waals surface area contributed by atoms with Crippen molar-refractivity contribution in [1.82, 2.24) is 0 Å². The number of carbonyl (C=O) groups excluding carboxylic acids is 2. The molecule has 0 radical (unpaired) electrons. The van der Waals surface area contributed by atoms with E-state index in [0.717, 1.165) is 11.8 Å². The molecule has 1 saturated heterocycles. The summed E-state index contributed by atoms with van der Waals surface area (Å²) in [6.45, 7) is 5.19. The Bertz CT molecular complexity index is 362. The first-order valence-corrected chi connectivity index (χ1v) is 7.03. The Morgan fingerprint density at radius 2 is 1.83 bits per heavy atom. The van der Waals surface area contributed by atoms with Crippen LogP contribution in [0.3, 0.4) is 0 Å². The molecule has 2 N–H and O–H groups in total. The SMILES string of the molecule is CCCC1(C(=O)[O-])C(N)SC(CC)(C(=O)[O-])C1C. The van der Waals surface area contributed by atoms with Gasteiger partial charge in [0.2, 0.25) is 0 Å². The standard InChI is InChI=1S/C12H21NO4S/c1-4-6-11(9(14)15)7(3)12(5-2,10(16)17)18-8(11)13/h7-8H,4-6,13H2,1-3H3,(H,14,15)(H,16,17)/p-2. The van der Waals surface area contributed by atoms with Crippen LogP contribution in [0.2, 0.25) is 0 Å². The van der Waals surface area contributed by atoms with Crippen LogP contribution in [0.5, 0.6) is 0 Å². The van der Waals surface area contributed by atoms with Gasteiger partial charge in [-0.1, -0.05) is 27.2 Å². The molecule has 1 heterocycles. The van der Waals surface area contributed by atoms with Gasteiger partial charge >= 0.3 is 0 Å². The zero-order valence-corrected chi connectivity index (χ0v) is 11.7. The average molecular weight is 273 g/mol. The fourth-order valence-electron chi connectivity index (χ4n) is 3.02. The van der Waals surface area contributed by atoms with Crippen LogP contribution in [-0.4, -0.2) is 22.1 Å². The van der Waals surface area contributed by atoms with Crippen LogP contribution in [0.25, 0.3) is 0 Å². The first kappa shape index (κ1) is 15.3. The monoisotopic (exact) mass is 273 g/mol. The molecular weight excluding hydrogens is 254 g/mol. The number of carbonyl (C=O) groups is 2. The van der Waals surface area contributed by atoms with E-state index in [-0.39, 0.29) is 6.42 Å². The van der Waals surface area contributed by atoms with E-state index in [1.54, 1.807) is 13.8 Å². The lowest BCUT2D eigenvalue weighted by Crippen LogP contribution is -2.56. The molecule has 0 aliphatic carbocycles. The molecule has 0 spiro atoms. The van der Waals surface area contributed by atoms with Gasteiger partial charge in [-0.15, -0.1) is 11.8 Å². The highest BCUT2D eigenvalue weighted by Crippen LogP contribution is 2.59. The number of aliphatic carboxylic acids is 2. The van der Waals surface area contributed by atoms with Gasteiger partial charge in [0, 0.05) is 5.41 Å². The van der Waals surface area contributed by atoms with Crippen molar-refractivity contribution < 1.29 is 19.8 Å². The van der Waals surface area contributed by atoms with Crippen LogP contribution in [0.1, 0.15) is 40.0 Å². The fraction of sp³-hybridized carbons (Fsp3) is 0.833. The Kier molecular flexibility index (Phi) is 4.33. The van der Waals surface area contributed by atoms with Gasteiger partial charge in [-0.3, -0.25) is 0 Å². The van der Waals surface area contributed by atoms with Crippen molar-refractivity contribution >= 4 is 23.7 Å². The summed E-state index contributed by atoms with van der Waals surface area (Å²) < 4.78 is -1.24. The predicted octanol–water partition coefficient (Wildman–Crippen LogP) is -0.911. The highest BCUT2D eigenvalue weighted by atomic mass is 32.2. The number of thioether (sulfide) groups is 1. The molecule has 0 amide bonds. The average Bonchev–Trinajstić information content (AvgIpc) is 2.52. The van der Waals surface area contributed by atoms with Crippen LogP contribution in [0, 0.1) is 11.3 Å². The lowest BCUT2D eigenvalue weighted by atomic mass is 9.67. The molecule has 4 atom stereocenters. The molecule has 1 rings (SSSR count). The zero-order valence-electron chi connectivity index (χ0n) is 10.9. The molecule has 18 heavy (non-hydrogen) atoms. The van der Waals surface area contributed by atoms with Gasteiger partial charge in [-0.05, 0) is 18.8 Å². The van der Waals surface area contributed by atoms with E-state index in [0.29, 0.717) is 12.8 Å². The Morgan fingerprint density at radius 3 is 2.11 bits per heavy atom. The zero-order chi connectivity index (χ0) is 14.1. The Hall–Kier alpha value is -0.750. The maximum absolute atomic E-state index is 11.5. The summed E-state index contributed by atoms with van der Waals surface area (Å²) in [5.41, 5.74) is 4.64. The van der Waals surface area contributed by atoms with E-state index in [1.165, 1.54) is 0 Å². The second kappa shape index (κ2) is 5.09. The van der Waals surface area contributed by atoms with E-state index in [1.807, 2.05) is 6.92 Å². The third-order valence-electron chi connectivity index (χ3n) is 4.23. The third-order valence-corrected chi connectivity index (χ3v) is 6.14. The molecule has 0 aromatic heterocycles. The third kappa shape index (κ3) is 1.82. The number of nitrogens with two attached hydrogens (primary N) is 1. The quantitative estimate of drug-likeness (QED) is 0.695. The molecule has 1 aliphatic rings. The minimum absolute atomic E-state index is 0.285. The molecule has 0 saturated carbocycles. The van der Waals surface area contributed by atoms with Gasteiger partial charge in [0.25, 0.3) is 0 Å². The maximum atomic E-state index is 11.5. The minimum atomic E-state index is -1.30. The first-order valence-electron chi connectivity index (χ1n) is 6.15. The molecule has 6 heteroatoms. The van der Waals surface area contributed by atoms with Gasteiger partial charge in [0.15, 0.2) is 0 Å². The van der Waals surface area contributed by atoms with Crippen LogP contribution >= 0.6 is 11.8 Å². The Labute approximate surface area is 111 Å². The van der Waals surface area contributed by atoms with Crippen molar-refractivity contribution in [2.75, 3.05) is 0 Å². The molecule has 4 unspecified atom stereocenters. The largest absolute Gasteiger partial charge is 0.549 e. The molecule has 0 aromatic rings.